The molecule has 5 heterocycles. The Labute approximate surface area is 268 Å². The van der Waals surface area contributed by atoms with Crippen LogP contribution in [0.1, 0.15) is 17.9 Å². The monoisotopic (exact) mass is 673 g/mol. The molecule has 0 spiro atoms. The molecule has 45 heavy (non-hydrogen) atoms. The number of pyridine rings is 1. The van der Waals surface area contributed by atoms with Crippen LogP contribution in [0.2, 0.25) is 5.02 Å². The van der Waals surface area contributed by atoms with Crippen molar-refractivity contribution < 1.29 is 32.1 Å². The predicted molar refractivity (Wildman–Crippen MR) is 160 cm³/mol. The highest BCUT2D eigenvalue weighted by Gasteiger charge is 2.52. The van der Waals surface area contributed by atoms with E-state index in [0.29, 0.717) is 15.7 Å². The number of hydrogen-bond donors (Lipinski definition) is 0. The SMILES string of the molecule is COC1C(n2cc(-c3cc(F)c(F)c(F)c3)nn2)[C@H]2OC(c3ccccc3)OCC2O[C@@H]1Sc1cc(Cl)cnc1-c1nccs1. The van der Waals surface area contributed by atoms with Crippen LogP contribution < -0.4 is 0 Å². The van der Waals surface area contributed by atoms with Crippen LogP contribution in [0.25, 0.3) is 22.0 Å². The summed E-state index contributed by atoms with van der Waals surface area (Å²) in [5.41, 5.74) is 0.963. The zero-order valence-corrected chi connectivity index (χ0v) is 25.7. The van der Waals surface area contributed by atoms with Crippen LogP contribution in [0.5, 0.6) is 0 Å². The molecule has 232 valence electrons. The van der Waals surface area contributed by atoms with E-state index in [1.54, 1.807) is 25.6 Å². The Kier molecular flexibility index (Phi) is 8.61. The number of benzene rings is 2. The molecule has 2 fully saturated rings. The maximum atomic E-state index is 14.1. The van der Waals surface area contributed by atoms with Crippen molar-refractivity contribution in [3.63, 3.8) is 0 Å². The van der Waals surface area contributed by atoms with E-state index in [-0.39, 0.29) is 17.9 Å². The van der Waals surface area contributed by atoms with E-state index < -0.39 is 53.5 Å². The minimum Gasteiger partial charge on any atom is -0.375 e. The maximum absolute atomic E-state index is 14.1. The quantitative estimate of drug-likeness (QED) is 0.175. The normalized spacial score (nSPS) is 24.8. The van der Waals surface area contributed by atoms with Crippen LogP contribution in [-0.2, 0) is 18.9 Å². The third kappa shape index (κ3) is 5.99. The summed E-state index contributed by atoms with van der Waals surface area (Å²) in [6.45, 7) is 0.192. The van der Waals surface area contributed by atoms with Gasteiger partial charge in [0.25, 0.3) is 0 Å². The topological polar surface area (TPSA) is 93.4 Å². The van der Waals surface area contributed by atoms with Gasteiger partial charge in [-0.15, -0.1) is 16.4 Å². The molecule has 2 aliphatic heterocycles. The number of methoxy groups -OCH3 is 1. The first-order valence-corrected chi connectivity index (χ1v) is 15.8. The summed E-state index contributed by atoms with van der Waals surface area (Å²) in [7, 11) is 1.55. The van der Waals surface area contributed by atoms with Crippen molar-refractivity contribution in [1.29, 1.82) is 0 Å². The molecule has 6 atom stereocenters. The lowest BCUT2D eigenvalue weighted by Crippen LogP contribution is -2.59. The Bertz CT molecular complexity index is 1780. The van der Waals surface area contributed by atoms with E-state index in [9.17, 15) is 13.2 Å². The van der Waals surface area contributed by atoms with E-state index >= 15 is 0 Å². The van der Waals surface area contributed by atoms with Crippen molar-refractivity contribution in [2.24, 2.45) is 0 Å². The van der Waals surface area contributed by atoms with Gasteiger partial charge in [-0.2, -0.15) is 0 Å². The number of fused-ring (bicyclic) bond motifs is 1. The lowest BCUT2D eigenvalue weighted by atomic mass is 9.95. The van der Waals surface area contributed by atoms with Crippen LogP contribution in [0.15, 0.2) is 77.4 Å². The number of thioether (sulfide) groups is 1. The summed E-state index contributed by atoms with van der Waals surface area (Å²) >= 11 is 9.16. The Balaban J connectivity index is 1.27. The molecule has 2 aliphatic rings. The minimum absolute atomic E-state index is 0.0225. The Morgan fingerprint density at radius 1 is 1.07 bits per heavy atom. The molecule has 0 saturated carbocycles. The number of thiazole rings is 1. The van der Waals surface area contributed by atoms with Crippen molar-refractivity contribution in [1.82, 2.24) is 25.0 Å². The second-order valence-corrected chi connectivity index (χ2v) is 12.7. The molecule has 3 aromatic heterocycles. The highest BCUT2D eigenvalue weighted by molar-refractivity contribution is 8.00. The fourth-order valence-corrected chi connectivity index (χ4v) is 7.63. The van der Waals surface area contributed by atoms with E-state index in [1.807, 2.05) is 35.7 Å². The molecule has 2 saturated heterocycles. The molecule has 0 amide bonds. The van der Waals surface area contributed by atoms with Crippen molar-refractivity contribution in [2.45, 2.75) is 41.0 Å². The molecule has 15 heteroatoms. The van der Waals surface area contributed by atoms with Crippen LogP contribution in [0.3, 0.4) is 0 Å². The van der Waals surface area contributed by atoms with E-state index in [2.05, 4.69) is 20.3 Å². The van der Waals surface area contributed by atoms with Crippen LogP contribution >= 0.6 is 34.7 Å². The van der Waals surface area contributed by atoms with Crippen LogP contribution in [0, 0.1) is 17.5 Å². The third-order valence-electron chi connectivity index (χ3n) is 7.45. The fraction of sp³-hybridized carbons (Fsp3) is 0.267. The van der Waals surface area contributed by atoms with Gasteiger partial charge in [0.2, 0.25) is 0 Å². The first-order chi connectivity index (χ1) is 21.9. The Morgan fingerprint density at radius 2 is 1.87 bits per heavy atom. The van der Waals surface area contributed by atoms with Gasteiger partial charge < -0.3 is 18.9 Å². The summed E-state index contributed by atoms with van der Waals surface area (Å²) < 4.78 is 68.6. The van der Waals surface area contributed by atoms with Gasteiger partial charge in [0.15, 0.2) is 23.7 Å². The standard InChI is InChI=1S/C30H23ClF3N5O4S2/c1-40-27-25(39-13-20(37-38-39)16-9-18(32)23(34)19(33)10-16)26-21(14-41-29(43-26)15-5-3-2-4-6-15)42-30(27)45-22-11-17(31)12-36-24(22)28-35-7-8-44-28/h2-13,21,25-27,29-30H,14H2,1H3/t21?,25?,26-,27?,29?,30+/m0/s1. The number of aromatic nitrogens is 5. The first kappa shape index (κ1) is 30.3. The molecular formula is C30H23ClF3N5O4S2. The molecule has 0 radical (unpaired) electrons. The average Bonchev–Trinajstić information content (AvgIpc) is 3.76. The summed E-state index contributed by atoms with van der Waals surface area (Å²) in [6.07, 6.45) is 2.18. The first-order valence-electron chi connectivity index (χ1n) is 13.7. The second kappa shape index (κ2) is 12.8. The van der Waals surface area contributed by atoms with E-state index in [4.69, 9.17) is 30.5 Å². The van der Waals surface area contributed by atoms with Gasteiger partial charge in [0.05, 0.1) is 17.8 Å². The van der Waals surface area contributed by atoms with Gasteiger partial charge in [-0.3, -0.25) is 4.98 Å². The van der Waals surface area contributed by atoms with Gasteiger partial charge in [-0.25, -0.2) is 22.8 Å². The van der Waals surface area contributed by atoms with Crippen molar-refractivity contribution in [2.75, 3.05) is 13.7 Å². The van der Waals surface area contributed by atoms with E-state index in [1.165, 1.54) is 34.0 Å². The van der Waals surface area contributed by atoms with Crippen molar-refractivity contribution in [3.05, 3.63) is 101 Å². The number of halogens is 4. The molecule has 2 aromatic carbocycles. The zero-order valence-electron chi connectivity index (χ0n) is 23.3. The number of ether oxygens (including phenoxy) is 4. The lowest BCUT2D eigenvalue weighted by molar-refractivity contribution is -0.308. The van der Waals surface area contributed by atoms with Gasteiger partial charge in [-0.1, -0.05) is 58.9 Å². The third-order valence-corrected chi connectivity index (χ3v) is 9.61. The zero-order chi connectivity index (χ0) is 31.1. The smallest absolute Gasteiger partial charge is 0.194 e. The largest absolute Gasteiger partial charge is 0.375 e. The molecule has 0 aliphatic carbocycles. The highest BCUT2D eigenvalue weighted by Crippen LogP contribution is 2.46. The Hall–Kier alpha value is -3.37. The number of hydrogen-bond acceptors (Lipinski definition) is 10. The molecule has 9 nitrogen and oxygen atoms in total. The maximum Gasteiger partial charge on any atom is 0.194 e. The number of rotatable bonds is 7. The predicted octanol–water partition coefficient (Wildman–Crippen LogP) is 6.72. The summed E-state index contributed by atoms with van der Waals surface area (Å²) in [4.78, 5) is 9.66. The Morgan fingerprint density at radius 3 is 2.60 bits per heavy atom. The highest BCUT2D eigenvalue weighted by atomic mass is 35.5. The minimum atomic E-state index is -1.56. The van der Waals surface area contributed by atoms with Crippen LogP contribution in [-0.4, -0.2) is 62.4 Å². The lowest BCUT2D eigenvalue weighted by Gasteiger charge is -2.48. The number of nitrogens with zero attached hydrogens (tertiary/aromatic N) is 5. The van der Waals surface area contributed by atoms with E-state index in [0.717, 1.165) is 22.6 Å². The van der Waals surface area contributed by atoms with Gasteiger partial charge in [0, 0.05) is 40.9 Å². The molecular weight excluding hydrogens is 651 g/mol. The second-order valence-electron chi connectivity index (χ2n) is 10.2. The molecule has 4 unspecified atom stereocenters. The average molecular weight is 674 g/mol. The molecule has 7 rings (SSSR count). The molecule has 5 aromatic rings. The van der Waals surface area contributed by atoms with Gasteiger partial charge in [-0.05, 0) is 18.2 Å². The van der Waals surface area contributed by atoms with Crippen LogP contribution in [0.4, 0.5) is 13.2 Å². The molecule has 0 bridgehead atoms. The van der Waals surface area contributed by atoms with Gasteiger partial charge in [0.1, 0.15) is 46.2 Å². The summed E-state index contributed by atoms with van der Waals surface area (Å²) in [5, 5.41) is 11.5. The van der Waals surface area contributed by atoms with Gasteiger partial charge >= 0.3 is 0 Å². The molecule has 0 N–H and O–H groups in total. The van der Waals surface area contributed by atoms with Crippen molar-refractivity contribution in [3.8, 4) is 22.0 Å². The fourth-order valence-electron chi connectivity index (χ4n) is 5.39. The summed E-state index contributed by atoms with van der Waals surface area (Å²) in [5.74, 6) is -4.23. The van der Waals surface area contributed by atoms with Crippen molar-refractivity contribution >= 4 is 34.7 Å². The summed E-state index contributed by atoms with van der Waals surface area (Å²) in [6, 6.07) is 12.3.